The number of aliphatic carboxylic acids is 1. The summed E-state index contributed by atoms with van der Waals surface area (Å²) >= 11 is 5.42. The summed E-state index contributed by atoms with van der Waals surface area (Å²) in [5, 5.41) is 37.5. The lowest BCUT2D eigenvalue weighted by atomic mass is 10.1. The first-order valence-electron chi connectivity index (χ1n) is 8.52. The molecule has 0 saturated carbocycles. The van der Waals surface area contributed by atoms with Gasteiger partial charge in [-0.1, -0.05) is 30.3 Å². The first kappa shape index (κ1) is 18.5. The molecular formula is C20H15N3O5S. The molecule has 3 aromatic carbocycles. The second-order valence-electron chi connectivity index (χ2n) is 6.21. The van der Waals surface area contributed by atoms with Crippen LogP contribution in [0.1, 0.15) is 0 Å². The van der Waals surface area contributed by atoms with E-state index < -0.39 is 12.6 Å². The Morgan fingerprint density at radius 2 is 1.93 bits per heavy atom. The van der Waals surface area contributed by atoms with Gasteiger partial charge in [0.25, 0.3) is 0 Å². The second kappa shape index (κ2) is 7.28. The first-order valence-corrected chi connectivity index (χ1v) is 8.93. The standard InChI is InChI=1S/C20H15N3O5S/c24-12-6-7-14(15(25)9-12)19-21-22-20(29)23(19)18-13-4-2-1-3-11(13)5-8-16(18)28-10-17(26)27/h1-9,24-25H,10H2,(H,22,29)(H,26,27). The Bertz CT molecular complexity index is 1300. The van der Waals surface area contributed by atoms with Crippen LogP contribution in [-0.2, 0) is 4.79 Å². The number of ether oxygens (including phenoxy) is 1. The van der Waals surface area contributed by atoms with Gasteiger partial charge in [0.1, 0.15) is 17.2 Å². The summed E-state index contributed by atoms with van der Waals surface area (Å²) in [5.41, 5.74) is 0.817. The third-order valence-corrected chi connectivity index (χ3v) is 4.61. The van der Waals surface area contributed by atoms with E-state index in [9.17, 15) is 15.0 Å². The van der Waals surface area contributed by atoms with E-state index in [2.05, 4.69) is 10.2 Å². The number of hydrogen-bond donors (Lipinski definition) is 4. The average molecular weight is 409 g/mol. The molecule has 0 aliphatic carbocycles. The third kappa shape index (κ3) is 3.39. The second-order valence-corrected chi connectivity index (χ2v) is 6.59. The van der Waals surface area contributed by atoms with Gasteiger partial charge in [-0.15, -0.1) is 0 Å². The molecule has 146 valence electrons. The van der Waals surface area contributed by atoms with Gasteiger partial charge < -0.3 is 20.1 Å². The van der Waals surface area contributed by atoms with Gasteiger partial charge in [-0.25, -0.2) is 4.79 Å². The molecule has 0 aliphatic heterocycles. The molecule has 0 fully saturated rings. The maximum atomic E-state index is 11.0. The van der Waals surface area contributed by atoms with Crippen molar-refractivity contribution in [1.82, 2.24) is 14.8 Å². The number of carboxylic acid groups (broad SMARTS) is 1. The Kier molecular flexibility index (Phi) is 4.65. The maximum absolute atomic E-state index is 11.0. The number of benzene rings is 3. The molecule has 1 heterocycles. The summed E-state index contributed by atoms with van der Waals surface area (Å²) < 4.78 is 7.31. The fraction of sp³-hybridized carbons (Fsp3) is 0.0500. The SMILES string of the molecule is O=C(O)COc1ccc2ccccc2c1-n1c(-c2ccc(O)cc2O)n[nH]c1=S. The van der Waals surface area contributed by atoms with Crippen molar-refractivity contribution < 1.29 is 24.9 Å². The van der Waals surface area contributed by atoms with Crippen LogP contribution in [0.5, 0.6) is 17.2 Å². The monoisotopic (exact) mass is 409 g/mol. The van der Waals surface area contributed by atoms with E-state index in [1.165, 1.54) is 18.2 Å². The van der Waals surface area contributed by atoms with Crippen LogP contribution in [0.15, 0.2) is 54.6 Å². The number of aromatic amines is 1. The van der Waals surface area contributed by atoms with Crippen molar-refractivity contribution in [3.63, 3.8) is 0 Å². The van der Waals surface area contributed by atoms with Gasteiger partial charge in [0, 0.05) is 11.5 Å². The molecular weight excluding hydrogens is 394 g/mol. The average Bonchev–Trinajstić information content (AvgIpc) is 3.06. The third-order valence-electron chi connectivity index (χ3n) is 4.33. The van der Waals surface area contributed by atoms with E-state index in [1.807, 2.05) is 30.3 Å². The van der Waals surface area contributed by atoms with Gasteiger partial charge >= 0.3 is 5.97 Å². The van der Waals surface area contributed by atoms with E-state index in [1.54, 1.807) is 10.6 Å². The zero-order valence-electron chi connectivity index (χ0n) is 14.9. The number of nitrogens with zero attached hydrogens (tertiary/aromatic N) is 2. The summed E-state index contributed by atoms with van der Waals surface area (Å²) in [6.45, 7) is -0.531. The molecule has 0 saturated heterocycles. The predicted octanol–water partition coefficient (Wildman–Crippen LogP) is 3.62. The van der Waals surface area contributed by atoms with Crippen LogP contribution in [0.4, 0.5) is 0 Å². The minimum atomic E-state index is -1.11. The minimum absolute atomic E-state index is 0.0948. The molecule has 0 spiro atoms. The molecule has 29 heavy (non-hydrogen) atoms. The van der Waals surface area contributed by atoms with Gasteiger partial charge in [0.2, 0.25) is 0 Å². The molecule has 0 aliphatic rings. The van der Waals surface area contributed by atoms with Crippen molar-refractivity contribution in [1.29, 1.82) is 0 Å². The van der Waals surface area contributed by atoms with Crippen molar-refractivity contribution in [3.05, 3.63) is 59.4 Å². The summed E-state index contributed by atoms with van der Waals surface area (Å²) in [4.78, 5) is 11.0. The van der Waals surface area contributed by atoms with E-state index in [4.69, 9.17) is 22.1 Å². The lowest BCUT2D eigenvalue weighted by Gasteiger charge is -2.16. The van der Waals surface area contributed by atoms with Crippen LogP contribution in [-0.4, -0.2) is 42.7 Å². The highest BCUT2D eigenvalue weighted by Crippen LogP contribution is 2.37. The highest BCUT2D eigenvalue weighted by Gasteiger charge is 2.20. The Balaban J connectivity index is 2.02. The number of hydrogen-bond acceptors (Lipinski definition) is 6. The van der Waals surface area contributed by atoms with Crippen LogP contribution >= 0.6 is 12.2 Å². The zero-order chi connectivity index (χ0) is 20.5. The summed E-state index contributed by atoms with van der Waals surface area (Å²) in [7, 11) is 0. The number of fused-ring (bicyclic) bond motifs is 1. The van der Waals surface area contributed by atoms with Gasteiger partial charge in [0.15, 0.2) is 17.2 Å². The Morgan fingerprint density at radius 1 is 1.14 bits per heavy atom. The number of aromatic nitrogens is 3. The van der Waals surface area contributed by atoms with Crippen molar-refractivity contribution in [3.8, 4) is 34.3 Å². The molecule has 0 unspecified atom stereocenters. The Hall–Kier alpha value is -3.85. The number of carbonyl (C=O) groups is 1. The summed E-state index contributed by atoms with van der Waals surface area (Å²) in [5.74, 6) is -0.820. The number of rotatable bonds is 5. The van der Waals surface area contributed by atoms with E-state index in [0.29, 0.717) is 17.0 Å². The lowest BCUT2D eigenvalue weighted by molar-refractivity contribution is -0.139. The number of phenolic OH excluding ortho intramolecular Hbond substituents is 2. The van der Waals surface area contributed by atoms with Crippen LogP contribution in [0, 0.1) is 4.77 Å². The van der Waals surface area contributed by atoms with Crippen LogP contribution in [0.2, 0.25) is 0 Å². The molecule has 0 atom stereocenters. The fourth-order valence-electron chi connectivity index (χ4n) is 3.12. The molecule has 4 rings (SSSR count). The molecule has 0 radical (unpaired) electrons. The number of phenols is 2. The van der Waals surface area contributed by atoms with Crippen molar-refractivity contribution in [2.45, 2.75) is 0 Å². The van der Waals surface area contributed by atoms with E-state index in [0.717, 1.165) is 10.8 Å². The number of nitrogens with one attached hydrogen (secondary N) is 1. The van der Waals surface area contributed by atoms with Gasteiger partial charge in [-0.3, -0.25) is 9.67 Å². The van der Waals surface area contributed by atoms with E-state index >= 15 is 0 Å². The van der Waals surface area contributed by atoms with Crippen LogP contribution in [0.25, 0.3) is 27.8 Å². The molecule has 4 N–H and O–H groups in total. The van der Waals surface area contributed by atoms with Crippen LogP contribution < -0.4 is 4.74 Å². The highest BCUT2D eigenvalue weighted by molar-refractivity contribution is 7.71. The molecule has 1 aromatic heterocycles. The molecule has 0 amide bonds. The molecule has 8 nitrogen and oxygen atoms in total. The predicted molar refractivity (Wildman–Crippen MR) is 108 cm³/mol. The molecule has 4 aromatic rings. The van der Waals surface area contributed by atoms with Gasteiger partial charge in [-0.2, -0.15) is 5.10 Å². The Morgan fingerprint density at radius 3 is 2.69 bits per heavy atom. The topological polar surface area (TPSA) is 121 Å². The largest absolute Gasteiger partial charge is 0.508 e. The summed E-state index contributed by atoms with van der Waals surface area (Å²) in [6, 6.07) is 15.1. The normalized spacial score (nSPS) is 10.9. The van der Waals surface area contributed by atoms with Crippen LogP contribution in [0.3, 0.4) is 0 Å². The zero-order valence-corrected chi connectivity index (χ0v) is 15.7. The highest BCUT2D eigenvalue weighted by atomic mass is 32.1. The van der Waals surface area contributed by atoms with Crippen molar-refractivity contribution >= 4 is 29.0 Å². The maximum Gasteiger partial charge on any atom is 0.341 e. The van der Waals surface area contributed by atoms with Gasteiger partial charge in [0.05, 0.1) is 11.3 Å². The minimum Gasteiger partial charge on any atom is -0.508 e. The fourth-order valence-corrected chi connectivity index (χ4v) is 3.34. The lowest BCUT2D eigenvalue weighted by Crippen LogP contribution is -2.11. The first-order chi connectivity index (χ1) is 14.0. The number of aromatic hydroxyl groups is 2. The molecule has 9 heteroatoms. The molecule has 0 bridgehead atoms. The quantitative estimate of drug-likeness (QED) is 0.372. The number of carboxylic acids is 1. The van der Waals surface area contributed by atoms with Gasteiger partial charge in [-0.05, 0) is 35.8 Å². The van der Waals surface area contributed by atoms with Crippen molar-refractivity contribution in [2.24, 2.45) is 0 Å². The Labute approximate surface area is 169 Å². The van der Waals surface area contributed by atoms with E-state index in [-0.39, 0.29) is 22.1 Å². The van der Waals surface area contributed by atoms with Crippen molar-refractivity contribution in [2.75, 3.05) is 6.61 Å². The smallest absolute Gasteiger partial charge is 0.341 e. The summed E-state index contributed by atoms with van der Waals surface area (Å²) in [6.07, 6.45) is 0. The number of H-pyrrole nitrogens is 1.